The van der Waals surface area contributed by atoms with E-state index in [-0.39, 0.29) is 18.0 Å². The van der Waals surface area contributed by atoms with E-state index in [1.165, 1.54) is 5.56 Å². The Morgan fingerprint density at radius 3 is 2.83 bits per heavy atom. The highest BCUT2D eigenvalue weighted by molar-refractivity contribution is 7.07. The van der Waals surface area contributed by atoms with Gasteiger partial charge in [-0.2, -0.15) is 11.3 Å². The monoisotopic (exact) mass is 268 g/mol. The van der Waals surface area contributed by atoms with E-state index in [9.17, 15) is 4.79 Å². The summed E-state index contributed by atoms with van der Waals surface area (Å²) in [5.74, 6) is 0.0984. The van der Waals surface area contributed by atoms with Crippen molar-refractivity contribution in [1.82, 2.24) is 10.6 Å². The molecule has 102 valence electrons. The topological polar surface area (TPSA) is 41.1 Å². The summed E-state index contributed by atoms with van der Waals surface area (Å²) in [5.41, 5.74) is 1.33. The van der Waals surface area contributed by atoms with Crippen molar-refractivity contribution in [2.75, 3.05) is 6.54 Å². The molecular formula is C14H24N2OS. The first-order valence-electron chi connectivity index (χ1n) is 6.68. The predicted molar refractivity (Wildman–Crippen MR) is 78.0 cm³/mol. The quantitative estimate of drug-likeness (QED) is 0.761. The van der Waals surface area contributed by atoms with E-state index >= 15 is 0 Å². The minimum absolute atomic E-state index is 0.0984. The van der Waals surface area contributed by atoms with Crippen LogP contribution in [0, 0.1) is 0 Å². The van der Waals surface area contributed by atoms with Crippen LogP contribution in [0.1, 0.15) is 39.2 Å². The van der Waals surface area contributed by atoms with Gasteiger partial charge in [0.15, 0.2) is 0 Å². The van der Waals surface area contributed by atoms with E-state index in [2.05, 4.69) is 41.3 Å². The molecule has 4 heteroatoms. The van der Waals surface area contributed by atoms with Gasteiger partial charge in [-0.1, -0.05) is 13.3 Å². The van der Waals surface area contributed by atoms with Crippen molar-refractivity contribution in [2.45, 2.75) is 52.1 Å². The Hall–Kier alpha value is -0.870. The standard InChI is InChI=1S/C14H24N2OS/c1-4-5-11(2)16-14(17)12(3)15-8-6-13-7-9-18-10-13/h7,9-12,15H,4-6,8H2,1-3H3,(H,16,17). The van der Waals surface area contributed by atoms with Crippen LogP contribution in [0.2, 0.25) is 0 Å². The van der Waals surface area contributed by atoms with Gasteiger partial charge < -0.3 is 10.6 Å². The molecule has 2 atom stereocenters. The second-order valence-corrected chi connectivity index (χ2v) is 5.54. The molecule has 0 aliphatic heterocycles. The maximum Gasteiger partial charge on any atom is 0.237 e. The Morgan fingerprint density at radius 2 is 2.22 bits per heavy atom. The van der Waals surface area contributed by atoms with Crippen molar-refractivity contribution >= 4 is 17.2 Å². The SMILES string of the molecule is CCCC(C)NC(=O)C(C)NCCc1ccsc1. The zero-order valence-corrected chi connectivity index (χ0v) is 12.3. The Labute approximate surface area is 114 Å². The summed E-state index contributed by atoms with van der Waals surface area (Å²) < 4.78 is 0. The molecule has 18 heavy (non-hydrogen) atoms. The van der Waals surface area contributed by atoms with Crippen molar-refractivity contribution in [3.8, 4) is 0 Å². The van der Waals surface area contributed by atoms with E-state index < -0.39 is 0 Å². The van der Waals surface area contributed by atoms with Crippen LogP contribution in [-0.2, 0) is 11.2 Å². The molecule has 0 saturated heterocycles. The summed E-state index contributed by atoms with van der Waals surface area (Å²) in [7, 11) is 0. The second kappa shape index (κ2) is 8.27. The van der Waals surface area contributed by atoms with E-state index in [1.54, 1.807) is 11.3 Å². The van der Waals surface area contributed by atoms with Gasteiger partial charge in [0.2, 0.25) is 5.91 Å². The number of carbonyl (C=O) groups excluding carboxylic acids is 1. The fourth-order valence-electron chi connectivity index (χ4n) is 1.83. The largest absolute Gasteiger partial charge is 0.352 e. The molecule has 0 fully saturated rings. The fraction of sp³-hybridized carbons (Fsp3) is 0.643. The molecule has 0 radical (unpaired) electrons. The maximum atomic E-state index is 11.8. The first-order valence-corrected chi connectivity index (χ1v) is 7.62. The highest BCUT2D eigenvalue weighted by Gasteiger charge is 2.13. The number of hydrogen-bond acceptors (Lipinski definition) is 3. The summed E-state index contributed by atoms with van der Waals surface area (Å²) in [6.07, 6.45) is 3.11. The molecule has 0 aliphatic carbocycles. The summed E-state index contributed by atoms with van der Waals surface area (Å²) >= 11 is 1.71. The summed E-state index contributed by atoms with van der Waals surface area (Å²) in [5, 5.41) is 10.5. The lowest BCUT2D eigenvalue weighted by Gasteiger charge is -2.18. The van der Waals surface area contributed by atoms with E-state index in [4.69, 9.17) is 0 Å². The van der Waals surface area contributed by atoms with E-state index in [0.717, 1.165) is 25.8 Å². The Kier molecular flexibility index (Phi) is 6.98. The third-order valence-electron chi connectivity index (χ3n) is 2.95. The van der Waals surface area contributed by atoms with Crippen LogP contribution >= 0.6 is 11.3 Å². The average Bonchev–Trinajstić information content (AvgIpc) is 2.82. The van der Waals surface area contributed by atoms with Crippen LogP contribution in [0.5, 0.6) is 0 Å². The molecular weight excluding hydrogens is 244 g/mol. The van der Waals surface area contributed by atoms with Crippen molar-refractivity contribution < 1.29 is 4.79 Å². The normalized spacial score (nSPS) is 14.2. The van der Waals surface area contributed by atoms with Crippen LogP contribution < -0.4 is 10.6 Å². The lowest BCUT2D eigenvalue weighted by Crippen LogP contribution is -2.45. The van der Waals surface area contributed by atoms with Crippen molar-refractivity contribution in [1.29, 1.82) is 0 Å². The molecule has 1 aromatic rings. The first-order chi connectivity index (χ1) is 8.63. The molecule has 0 aromatic carbocycles. The minimum Gasteiger partial charge on any atom is -0.352 e. The third kappa shape index (κ3) is 5.65. The second-order valence-electron chi connectivity index (χ2n) is 4.76. The summed E-state index contributed by atoms with van der Waals surface area (Å²) in [4.78, 5) is 11.8. The molecule has 0 aliphatic rings. The maximum absolute atomic E-state index is 11.8. The van der Waals surface area contributed by atoms with E-state index in [0.29, 0.717) is 0 Å². The summed E-state index contributed by atoms with van der Waals surface area (Å²) in [6, 6.07) is 2.27. The van der Waals surface area contributed by atoms with Gasteiger partial charge >= 0.3 is 0 Å². The van der Waals surface area contributed by atoms with Gasteiger partial charge in [0.25, 0.3) is 0 Å². The molecule has 0 saturated carbocycles. The lowest BCUT2D eigenvalue weighted by molar-refractivity contribution is -0.123. The number of amides is 1. The van der Waals surface area contributed by atoms with Gasteiger partial charge in [-0.25, -0.2) is 0 Å². The highest BCUT2D eigenvalue weighted by atomic mass is 32.1. The number of rotatable bonds is 8. The highest BCUT2D eigenvalue weighted by Crippen LogP contribution is 2.05. The van der Waals surface area contributed by atoms with Crippen molar-refractivity contribution in [3.05, 3.63) is 22.4 Å². The average molecular weight is 268 g/mol. The molecule has 1 aromatic heterocycles. The predicted octanol–water partition coefficient (Wildman–Crippen LogP) is 2.57. The minimum atomic E-state index is -0.122. The Bertz CT molecular complexity index is 338. The molecule has 1 amide bonds. The first kappa shape index (κ1) is 15.2. The smallest absolute Gasteiger partial charge is 0.237 e. The van der Waals surface area contributed by atoms with Gasteiger partial charge in [-0.15, -0.1) is 0 Å². The Balaban J connectivity index is 2.19. The van der Waals surface area contributed by atoms with Gasteiger partial charge in [0, 0.05) is 6.04 Å². The van der Waals surface area contributed by atoms with Crippen LogP contribution in [-0.4, -0.2) is 24.5 Å². The third-order valence-corrected chi connectivity index (χ3v) is 3.68. The zero-order chi connectivity index (χ0) is 13.4. The van der Waals surface area contributed by atoms with Gasteiger partial charge in [0.05, 0.1) is 6.04 Å². The molecule has 1 heterocycles. The Morgan fingerprint density at radius 1 is 1.44 bits per heavy atom. The number of nitrogens with one attached hydrogen (secondary N) is 2. The molecule has 0 bridgehead atoms. The molecule has 2 unspecified atom stereocenters. The van der Waals surface area contributed by atoms with Crippen LogP contribution in [0.25, 0.3) is 0 Å². The van der Waals surface area contributed by atoms with Gasteiger partial charge in [-0.05, 0) is 55.6 Å². The van der Waals surface area contributed by atoms with Crippen molar-refractivity contribution in [2.24, 2.45) is 0 Å². The van der Waals surface area contributed by atoms with E-state index in [1.807, 2.05) is 6.92 Å². The molecule has 2 N–H and O–H groups in total. The number of thiophene rings is 1. The van der Waals surface area contributed by atoms with Gasteiger partial charge in [-0.3, -0.25) is 4.79 Å². The van der Waals surface area contributed by atoms with Crippen molar-refractivity contribution in [3.63, 3.8) is 0 Å². The van der Waals surface area contributed by atoms with Crippen LogP contribution in [0.15, 0.2) is 16.8 Å². The summed E-state index contributed by atoms with van der Waals surface area (Å²) in [6.45, 7) is 6.94. The van der Waals surface area contributed by atoms with Crippen LogP contribution in [0.3, 0.4) is 0 Å². The van der Waals surface area contributed by atoms with Crippen LogP contribution in [0.4, 0.5) is 0 Å². The van der Waals surface area contributed by atoms with Gasteiger partial charge in [0.1, 0.15) is 0 Å². The lowest BCUT2D eigenvalue weighted by atomic mass is 10.2. The molecule has 3 nitrogen and oxygen atoms in total. The number of carbonyl (C=O) groups is 1. The number of hydrogen-bond donors (Lipinski definition) is 2. The molecule has 1 rings (SSSR count). The fourth-order valence-corrected chi connectivity index (χ4v) is 2.54. The molecule has 0 spiro atoms. The zero-order valence-electron chi connectivity index (χ0n) is 11.5.